The lowest BCUT2D eigenvalue weighted by molar-refractivity contribution is -0.0500. The summed E-state index contributed by atoms with van der Waals surface area (Å²) in [5.74, 6) is -0.247. The van der Waals surface area contributed by atoms with Crippen molar-refractivity contribution in [2.24, 2.45) is 0 Å². The van der Waals surface area contributed by atoms with E-state index in [2.05, 4.69) is 18.0 Å². The molecule has 118 valence electrons. The third-order valence-electron chi connectivity index (χ3n) is 3.86. The first-order valence-electron chi connectivity index (χ1n) is 6.59. The highest BCUT2D eigenvalue weighted by molar-refractivity contribution is 7.88. The molecular formula is C14H17F3O3S. The lowest BCUT2D eigenvalue weighted by atomic mass is 9.72. The van der Waals surface area contributed by atoms with Gasteiger partial charge < -0.3 is 4.18 Å². The van der Waals surface area contributed by atoms with E-state index in [1.807, 2.05) is 0 Å². The van der Waals surface area contributed by atoms with Gasteiger partial charge in [-0.25, -0.2) is 0 Å². The van der Waals surface area contributed by atoms with Crippen molar-refractivity contribution in [2.45, 2.75) is 51.0 Å². The summed E-state index contributed by atoms with van der Waals surface area (Å²) in [7, 11) is -5.63. The maximum Gasteiger partial charge on any atom is 0.534 e. The SMILES string of the molecule is Cc1cc2c(cc1OS(=O)(=O)C(F)(F)F)CCCC2(C)C. The lowest BCUT2D eigenvalue weighted by Crippen LogP contribution is -2.29. The van der Waals surface area contributed by atoms with Crippen LogP contribution in [0.4, 0.5) is 13.2 Å². The number of rotatable bonds is 2. The molecule has 0 radical (unpaired) electrons. The zero-order valence-electron chi connectivity index (χ0n) is 12.0. The van der Waals surface area contributed by atoms with Crippen LogP contribution in [0.5, 0.6) is 5.75 Å². The van der Waals surface area contributed by atoms with Gasteiger partial charge in [-0.05, 0) is 54.4 Å². The predicted octanol–water partition coefficient (Wildman–Crippen LogP) is 3.84. The van der Waals surface area contributed by atoms with Crippen LogP contribution in [0.1, 0.15) is 43.4 Å². The molecule has 0 saturated carbocycles. The molecular weight excluding hydrogens is 305 g/mol. The van der Waals surface area contributed by atoms with E-state index < -0.39 is 15.6 Å². The summed E-state index contributed by atoms with van der Waals surface area (Å²) in [6, 6.07) is 3.16. The Morgan fingerprint density at radius 3 is 2.43 bits per heavy atom. The van der Waals surface area contributed by atoms with Gasteiger partial charge in [0.2, 0.25) is 0 Å². The molecule has 0 aliphatic heterocycles. The van der Waals surface area contributed by atoms with Crippen LogP contribution in [0.2, 0.25) is 0 Å². The number of aryl methyl sites for hydroxylation is 2. The number of benzene rings is 1. The van der Waals surface area contributed by atoms with E-state index >= 15 is 0 Å². The van der Waals surface area contributed by atoms with Crippen LogP contribution < -0.4 is 4.18 Å². The zero-order valence-corrected chi connectivity index (χ0v) is 12.9. The Balaban J connectivity index is 2.45. The molecule has 2 rings (SSSR count). The molecule has 1 aliphatic rings. The van der Waals surface area contributed by atoms with Crippen molar-refractivity contribution in [2.75, 3.05) is 0 Å². The molecule has 0 N–H and O–H groups in total. The number of halogens is 3. The second-order valence-electron chi connectivity index (χ2n) is 6.00. The zero-order chi connectivity index (χ0) is 16.1. The molecule has 1 aromatic rings. The van der Waals surface area contributed by atoms with Crippen LogP contribution in [0.3, 0.4) is 0 Å². The monoisotopic (exact) mass is 322 g/mol. The van der Waals surface area contributed by atoms with E-state index in [1.165, 1.54) is 6.07 Å². The van der Waals surface area contributed by atoms with Crippen molar-refractivity contribution in [3.63, 3.8) is 0 Å². The quantitative estimate of drug-likeness (QED) is 0.614. The molecule has 0 bridgehead atoms. The third-order valence-corrected chi connectivity index (χ3v) is 4.83. The van der Waals surface area contributed by atoms with Gasteiger partial charge in [-0.15, -0.1) is 0 Å². The molecule has 1 aromatic carbocycles. The molecule has 21 heavy (non-hydrogen) atoms. The average molecular weight is 322 g/mol. The van der Waals surface area contributed by atoms with Crippen LogP contribution in [0.25, 0.3) is 0 Å². The van der Waals surface area contributed by atoms with Gasteiger partial charge in [-0.2, -0.15) is 21.6 Å². The highest BCUT2D eigenvalue weighted by atomic mass is 32.2. The topological polar surface area (TPSA) is 43.4 Å². The number of hydrogen-bond acceptors (Lipinski definition) is 3. The van der Waals surface area contributed by atoms with Crippen molar-refractivity contribution in [1.82, 2.24) is 0 Å². The van der Waals surface area contributed by atoms with E-state index in [1.54, 1.807) is 13.0 Å². The lowest BCUT2D eigenvalue weighted by Gasteiger charge is -2.33. The van der Waals surface area contributed by atoms with Gasteiger partial charge in [0, 0.05) is 0 Å². The second kappa shape index (κ2) is 4.90. The summed E-state index contributed by atoms with van der Waals surface area (Å²) >= 11 is 0. The fourth-order valence-corrected chi connectivity index (χ4v) is 3.19. The Labute approximate surface area is 122 Å². The van der Waals surface area contributed by atoms with Gasteiger partial charge in [0.15, 0.2) is 0 Å². The molecule has 0 spiro atoms. The summed E-state index contributed by atoms with van der Waals surface area (Å²) in [5, 5.41) is 0. The summed E-state index contributed by atoms with van der Waals surface area (Å²) in [5.41, 5.74) is -3.21. The number of fused-ring (bicyclic) bond motifs is 1. The smallest absolute Gasteiger partial charge is 0.376 e. The molecule has 7 heteroatoms. The van der Waals surface area contributed by atoms with E-state index in [0.717, 1.165) is 24.0 Å². The molecule has 0 fully saturated rings. The average Bonchev–Trinajstić information content (AvgIpc) is 2.29. The molecule has 1 aliphatic carbocycles. The molecule has 0 saturated heterocycles. The van der Waals surface area contributed by atoms with E-state index in [-0.39, 0.29) is 11.2 Å². The van der Waals surface area contributed by atoms with Crippen LogP contribution >= 0.6 is 0 Å². The number of hydrogen-bond donors (Lipinski definition) is 0. The first kappa shape index (κ1) is 16.1. The Morgan fingerprint density at radius 1 is 1.24 bits per heavy atom. The van der Waals surface area contributed by atoms with E-state index in [0.29, 0.717) is 12.0 Å². The minimum atomic E-state index is -5.63. The Morgan fingerprint density at radius 2 is 1.86 bits per heavy atom. The van der Waals surface area contributed by atoms with Crippen molar-refractivity contribution in [1.29, 1.82) is 0 Å². The molecule has 0 aromatic heterocycles. The van der Waals surface area contributed by atoms with Crippen molar-refractivity contribution in [3.05, 3.63) is 28.8 Å². The van der Waals surface area contributed by atoms with Gasteiger partial charge in [0.25, 0.3) is 0 Å². The van der Waals surface area contributed by atoms with Crippen LogP contribution in [0, 0.1) is 6.92 Å². The number of alkyl halides is 3. The largest absolute Gasteiger partial charge is 0.534 e. The molecule has 0 unspecified atom stereocenters. The molecule has 0 atom stereocenters. The standard InChI is InChI=1S/C14H17F3O3S/c1-9-7-11-10(5-4-6-13(11,2)3)8-12(9)20-21(18,19)14(15,16)17/h7-8H,4-6H2,1-3H3. The summed E-state index contributed by atoms with van der Waals surface area (Å²) < 4.78 is 63.7. The van der Waals surface area contributed by atoms with E-state index in [9.17, 15) is 21.6 Å². The van der Waals surface area contributed by atoms with Gasteiger partial charge in [0.1, 0.15) is 5.75 Å². The first-order chi connectivity index (χ1) is 9.44. The minimum Gasteiger partial charge on any atom is -0.376 e. The van der Waals surface area contributed by atoms with Gasteiger partial charge >= 0.3 is 15.6 Å². The maximum absolute atomic E-state index is 12.4. The fraction of sp³-hybridized carbons (Fsp3) is 0.571. The van der Waals surface area contributed by atoms with Crippen LogP contribution in [0.15, 0.2) is 12.1 Å². The molecule has 0 amide bonds. The Bertz CT molecular complexity index is 661. The maximum atomic E-state index is 12.4. The van der Waals surface area contributed by atoms with Crippen molar-refractivity contribution in [3.8, 4) is 5.75 Å². The Kier molecular flexibility index (Phi) is 3.76. The van der Waals surface area contributed by atoms with Gasteiger partial charge in [-0.1, -0.05) is 19.9 Å². The Hall–Kier alpha value is -1.24. The van der Waals surface area contributed by atoms with Crippen molar-refractivity contribution >= 4 is 10.1 Å². The highest BCUT2D eigenvalue weighted by Crippen LogP contribution is 2.40. The second-order valence-corrected chi connectivity index (χ2v) is 7.53. The summed E-state index contributed by atoms with van der Waals surface area (Å²) in [4.78, 5) is 0. The first-order valence-corrected chi connectivity index (χ1v) is 8.00. The van der Waals surface area contributed by atoms with E-state index in [4.69, 9.17) is 0 Å². The predicted molar refractivity (Wildman–Crippen MR) is 72.7 cm³/mol. The molecule has 3 nitrogen and oxygen atoms in total. The van der Waals surface area contributed by atoms with Gasteiger partial charge in [0.05, 0.1) is 0 Å². The fourth-order valence-electron chi connectivity index (χ4n) is 2.68. The minimum absolute atomic E-state index is 0.0697. The normalized spacial score (nSPS) is 18.2. The van der Waals surface area contributed by atoms with Crippen LogP contribution in [-0.2, 0) is 22.0 Å². The third kappa shape index (κ3) is 3.02. The van der Waals surface area contributed by atoms with Crippen LogP contribution in [-0.4, -0.2) is 13.9 Å². The van der Waals surface area contributed by atoms with Gasteiger partial charge in [-0.3, -0.25) is 0 Å². The van der Waals surface area contributed by atoms with Crippen molar-refractivity contribution < 1.29 is 25.8 Å². The summed E-state index contributed by atoms with van der Waals surface area (Å²) in [6.45, 7) is 5.68. The molecule has 0 heterocycles. The summed E-state index contributed by atoms with van der Waals surface area (Å²) in [6.07, 6.45) is 2.61. The highest BCUT2D eigenvalue weighted by Gasteiger charge is 2.48.